The molecule has 1 amide bonds. The summed E-state index contributed by atoms with van der Waals surface area (Å²) in [4.78, 5) is 25.1. The molecule has 0 aromatic carbocycles. The number of furan rings is 1. The number of aromatic nitrogens is 2. The molecule has 1 aliphatic rings. The SMILES string of the molecule is COc1cncc(-c2ccc(N3CCN(C(=O)c4ccco4)CC3)nc2)c1. The molecule has 0 radical (unpaired) electrons. The Morgan fingerprint density at radius 3 is 2.59 bits per heavy atom. The van der Waals surface area contributed by atoms with E-state index in [0.717, 1.165) is 30.0 Å². The van der Waals surface area contributed by atoms with E-state index in [1.165, 1.54) is 6.26 Å². The maximum atomic E-state index is 12.3. The zero-order valence-electron chi connectivity index (χ0n) is 15.0. The molecule has 27 heavy (non-hydrogen) atoms. The van der Waals surface area contributed by atoms with E-state index in [0.29, 0.717) is 24.6 Å². The van der Waals surface area contributed by atoms with Gasteiger partial charge in [0.2, 0.25) is 0 Å². The predicted octanol–water partition coefficient (Wildman–Crippen LogP) is 2.71. The van der Waals surface area contributed by atoms with Crippen LogP contribution in [0.4, 0.5) is 5.82 Å². The van der Waals surface area contributed by atoms with Crippen molar-refractivity contribution in [2.45, 2.75) is 0 Å². The van der Waals surface area contributed by atoms with Gasteiger partial charge in [0.1, 0.15) is 11.6 Å². The van der Waals surface area contributed by atoms with E-state index in [1.807, 2.05) is 29.3 Å². The van der Waals surface area contributed by atoms with Crippen LogP contribution in [0.2, 0.25) is 0 Å². The summed E-state index contributed by atoms with van der Waals surface area (Å²) in [5.74, 6) is 1.94. The highest BCUT2D eigenvalue weighted by atomic mass is 16.5. The first-order chi connectivity index (χ1) is 13.2. The van der Waals surface area contributed by atoms with Gasteiger partial charge in [-0.1, -0.05) is 0 Å². The highest BCUT2D eigenvalue weighted by molar-refractivity contribution is 5.91. The molecule has 4 heterocycles. The molecule has 1 fully saturated rings. The lowest BCUT2D eigenvalue weighted by Gasteiger charge is -2.35. The number of amides is 1. The Hall–Kier alpha value is -3.35. The number of carbonyl (C=O) groups excluding carboxylic acids is 1. The Labute approximate surface area is 157 Å². The van der Waals surface area contributed by atoms with Gasteiger partial charge >= 0.3 is 0 Å². The van der Waals surface area contributed by atoms with E-state index < -0.39 is 0 Å². The van der Waals surface area contributed by atoms with Gasteiger partial charge in [-0.3, -0.25) is 9.78 Å². The highest BCUT2D eigenvalue weighted by Crippen LogP contribution is 2.24. The van der Waals surface area contributed by atoms with Gasteiger partial charge in [0, 0.05) is 49.7 Å². The van der Waals surface area contributed by atoms with Crippen molar-refractivity contribution in [2.24, 2.45) is 0 Å². The minimum absolute atomic E-state index is 0.0616. The first-order valence-electron chi connectivity index (χ1n) is 8.78. The second kappa shape index (κ2) is 7.49. The lowest BCUT2D eigenvalue weighted by Crippen LogP contribution is -2.49. The van der Waals surface area contributed by atoms with Gasteiger partial charge < -0.3 is 19.0 Å². The Kier molecular flexibility index (Phi) is 4.74. The maximum absolute atomic E-state index is 12.3. The summed E-state index contributed by atoms with van der Waals surface area (Å²) in [6.45, 7) is 2.75. The van der Waals surface area contributed by atoms with Gasteiger partial charge in [0.25, 0.3) is 5.91 Å². The van der Waals surface area contributed by atoms with Crippen LogP contribution in [-0.2, 0) is 0 Å². The van der Waals surface area contributed by atoms with Crippen LogP contribution in [0.15, 0.2) is 59.6 Å². The van der Waals surface area contributed by atoms with E-state index in [1.54, 1.807) is 31.6 Å². The van der Waals surface area contributed by atoms with Crippen LogP contribution in [0, 0.1) is 0 Å². The second-order valence-electron chi connectivity index (χ2n) is 6.28. The molecule has 0 unspecified atom stereocenters. The van der Waals surface area contributed by atoms with Gasteiger partial charge in [-0.25, -0.2) is 4.98 Å². The van der Waals surface area contributed by atoms with Crippen molar-refractivity contribution < 1.29 is 13.9 Å². The van der Waals surface area contributed by atoms with Crippen molar-refractivity contribution in [1.29, 1.82) is 0 Å². The third-order valence-electron chi connectivity index (χ3n) is 4.65. The summed E-state index contributed by atoms with van der Waals surface area (Å²) in [7, 11) is 1.62. The number of rotatable bonds is 4. The van der Waals surface area contributed by atoms with Crippen LogP contribution in [0.3, 0.4) is 0 Å². The second-order valence-corrected chi connectivity index (χ2v) is 6.28. The van der Waals surface area contributed by atoms with Gasteiger partial charge in [-0.05, 0) is 30.3 Å². The molecule has 1 aliphatic heterocycles. The summed E-state index contributed by atoms with van der Waals surface area (Å²) >= 11 is 0. The van der Waals surface area contributed by atoms with Crippen molar-refractivity contribution in [2.75, 3.05) is 38.2 Å². The van der Waals surface area contributed by atoms with Crippen molar-refractivity contribution >= 4 is 11.7 Å². The van der Waals surface area contributed by atoms with E-state index in [-0.39, 0.29) is 5.91 Å². The Bertz CT molecular complexity index is 901. The number of piperazine rings is 1. The Morgan fingerprint density at radius 1 is 1.07 bits per heavy atom. The molecule has 0 aliphatic carbocycles. The van der Waals surface area contributed by atoms with Crippen LogP contribution in [0.1, 0.15) is 10.6 Å². The molecular formula is C20H20N4O3. The Morgan fingerprint density at radius 2 is 1.93 bits per heavy atom. The lowest BCUT2D eigenvalue weighted by atomic mass is 10.1. The third kappa shape index (κ3) is 3.62. The first-order valence-corrected chi connectivity index (χ1v) is 8.78. The van der Waals surface area contributed by atoms with Crippen LogP contribution >= 0.6 is 0 Å². The molecule has 7 heteroatoms. The fourth-order valence-corrected chi connectivity index (χ4v) is 3.13. The maximum Gasteiger partial charge on any atom is 0.289 e. The van der Waals surface area contributed by atoms with Gasteiger partial charge in [0.05, 0.1) is 19.6 Å². The predicted molar refractivity (Wildman–Crippen MR) is 101 cm³/mol. The molecule has 3 aromatic heterocycles. The van der Waals surface area contributed by atoms with Crippen molar-refractivity contribution in [3.05, 3.63) is 60.9 Å². The number of pyridine rings is 2. The number of nitrogens with zero attached hydrogens (tertiary/aromatic N) is 4. The van der Waals surface area contributed by atoms with Gasteiger partial charge in [-0.2, -0.15) is 0 Å². The smallest absolute Gasteiger partial charge is 0.289 e. The van der Waals surface area contributed by atoms with E-state index in [2.05, 4.69) is 14.9 Å². The molecule has 0 spiro atoms. The van der Waals surface area contributed by atoms with Crippen LogP contribution in [-0.4, -0.2) is 54.1 Å². The fraction of sp³-hybridized carbons (Fsp3) is 0.250. The normalized spacial score (nSPS) is 14.3. The molecule has 0 saturated carbocycles. The Balaban J connectivity index is 1.41. The quantitative estimate of drug-likeness (QED) is 0.709. The summed E-state index contributed by atoms with van der Waals surface area (Å²) in [6, 6.07) is 9.38. The standard InChI is InChI=1S/C20H20N4O3/c1-26-17-11-16(12-21-14-17)15-4-5-19(22-13-15)23-6-8-24(9-7-23)20(25)18-3-2-10-27-18/h2-5,10-14H,6-9H2,1H3. The number of hydrogen-bond acceptors (Lipinski definition) is 6. The molecule has 7 nitrogen and oxygen atoms in total. The monoisotopic (exact) mass is 364 g/mol. The minimum atomic E-state index is -0.0616. The molecule has 138 valence electrons. The molecule has 1 saturated heterocycles. The lowest BCUT2D eigenvalue weighted by molar-refractivity contribution is 0.0714. The molecule has 0 bridgehead atoms. The van der Waals surface area contributed by atoms with Crippen LogP contribution < -0.4 is 9.64 Å². The molecule has 3 aromatic rings. The van der Waals surface area contributed by atoms with Crippen LogP contribution in [0.25, 0.3) is 11.1 Å². The van der Waals surface area contributed by atoms with E-state index in [9.17, 15) is 4.79 Å². The minimum Gasteiger partial charge on any atom is -0.495 e. The third-order valence-corrected chi connectivity index (χ3v) is 4.65. The summed E-state index contributed by atoms with van der Waals surface area (Å²) in [6.07, 6.45) is 6.83. The molecule has 0 N–H and O–H groups in total. The largest absolute Gasteiger partial charge is 0.495 e. The average molecular weight is 364 g/mol. The summed E-state index contributed by atoms with van der Waals surface area (Å²) in [5.41, 5.74) is 1.94. The first kappa shape index (κ1) is 17.1. The number of methoxy groups -OCH3 is 1. The van der Waals surface area contributed by atoms with Crippen molar-refractivity contribution in [3.63, 3.8) is 0 Å². The summed E-state index contributed by atoms with van der Waals surface area (Å²) in [5, 5.41) is 0. The topological polar surface area (TPSA) is 71.7 Å². The zero-order chi connectivity index (χ0) is 18.6. The highest BCUT2D eigenvalue weighted by Gasteiger charge is 2.24. The fourth-order valence-electron chi connectivity index (χ4n) is 3.13. The number of anilines is 1. The zero-order valence-corrected chi connectivity index (χ0v) is 15.0. The summed E-state index contributed by atoms with van der Waals surface area (Å²) < 4.78 is 10.4. The average Bonchev–Trinajstić information content (AvgIpc) is 3.28. The van der Waals surface area contributed by atoms with E-state index in [4.69, 9.17) is 9.15 Å². The molecule has 4 rings (SSSR count). The van der Waals surface area contributed by atoms with Crippen molar-refractivity contribution in [3.8, 4) is 16.9 Å². The van der Waals surface area contributed by atoms with Gasteiger partial charge in [-0.15, -0.1) is 0 Å². The molecule has 0 atom stereocenters. The van der Waals surface area contributed by atoms with Gasteiger partial charge in [0.15, 0.2) is 5.76 Å². The van der Waals surface area contributed by atoms with E-state index >= 15 is 0 Å². The number of carbonyl (C=O) groups is 1. The number of ether oxygens (including phenoxy) is 1. The molecular weight excluding hydrogens is 344 g/mol. The number of hydrogen-bond donors (Lipinski definition) is 0. The van der Waals surface area contributed by atoms with Crippen LogP contribution in [0.5, 0.6) is 5.75 Å². The van der Waals surface area contributed by atoms with Crippen molar-refractivity contribution in [1.82, 2.24) is 14.9 Å².